The van der Waals surface area contributed by atoms with Gasteiger partial charge in [0.1, 0.15) is 0 Å². The lowest BCUT2D eigenvalue weighted by Crippen LogP contribution is -2.33. The zero-order valence-electron chi connectivity index (χ0n) is 11.1. The van der Waals surface area contributed by atoms with Gasteiger partial charge in [0.15, 0.2) is 6.61 Å². The fourth-order valence-corrected chi connectivity index (χ4v) is 3.33. The second kappa shape index (κ2) is 8.02. The van der Waals surface area contributed by atoms with Crippen molar-refractivity contribution in [2.45, 2.75) is 0 Å². The van der Waals surface area contributed by atoms with Gasteiger partial charge < -0.3 is 4.74 Å². The molecule has 2 aromatic rings. The van der Waals surface area contributed by atoms with Crippen LogP contribution in [0.2, 0.25) is 0 Å². The Bertz CT molecular complexity index is 706. The molecule has 0 saturated carbocycles. The Morgan fingerprint density at radius 1 is 1.27 bits per heavy atom. The summed E-state index contributed by atoms with van der Waals surface area (Å²) in [6.07, 6.45) is 2.82. The highest BCUT2D eigenvalue weighted by Crippen LogP contribution is 2.22. The van der Waals surface area contributed by atoms with Crippen molar-refractivity contribution >= 4 is 62.5 Å². The third-order valence-electron chi connectivity index (χ3n) is 2.32. The first kappa shape index (κ1) is 16.6. The van der Waals surface area contributed by atoms with Crippen LogP contribution in [-0.2, 0) is 14.3 Å². The zero-order chi connectivity index (χ0) is 15.9. The summed E-state index contributed by atoms with van der Waals surface area (Å²) in [5.74, 6) is -1.82. The first-order chi connectivity index (χ1) is 10.5. The number of rotatable bonds is 5. The summed E-state index contributed by atoms with van der Waals surface area (Å²) in [6.45, 7) is -0.506. The molecule has 22 heavy (non-hydrogen) atoms. The fourth-order valence-electron chi connectivity index (χ4n) is 1.38. The van der Waals surface area contributed by atoms with E-state index in [-0.39, 0.29) is 0 Å². The van der Waals surface area contributed by atoms with Crippen LogP contribution >= 0.6 is 38.6 Å². The summed E-state index contributed by atoms with van der Waals surface area (Å²) >= 11 is 5.99. The molecule has 0 aliphatic rings. The van der Waals surface area contributed by atoms with E-state index in [1.807, 2.05) is 12.1 Å². The first-order valence-corrected chi connectivity index (χ1v) is 8.51. The van der Waals surface area contributed by atoms with Gasteiger partial charge in [-0.1, -0.05) is 6.07 Å². The van der Waals surface area contributed by atoms with Gasteiger partial charge in [-0.05, 0) is 45.6 Å². The number of carbonyl (C=O) groups is 3. The molecular formula is C14H10BrNO4S2. The van der Waals surface area contributed by atoms with Gasteiger partial charge in [-0.15, -0.1) is 22.7 Å². The van der Waals surface area contributed by atoms with Crippen LogP contribution in [0.25, 0.3) is 6.08 Å². The lowest BCUT2D eigenvalue weighted by molar-refractivity contribution is -0.143. The molecule has 0 aliphatic carbocycles. The Balaban J connectivity index is 1.75. The molecule has 0 bridgehead atoms. The number of halogens is 1. The first-order valence-electron chi connectivity index (χ1n) is 6.02. The number of esters is 1. The molecule has 0 atom stereocenters. The highest BCUT2D eigenvalue weighted by Gasteiger charge is 2.12. The molecule has 0 saturated heterocycles. The molecule has 2 aromatic heterocycles. The van der Waals surface area contributed by atoms with Crippen molar-refractivity contribution in [2.24, 2.45) is 0 Å². The van der Waals surface area contributed by atoms with Crippen molar-refractivity contribution in [3.63, 3.8) is 0 Å². The SMILES string of the molecule is O=C(COC(=O)/C=C/c1ccc(Br)s1)NC(=O)c1cccs1. The lowest BCUT2D eigenvalue weighted by atomic mass is 10.4. The summed E-state index contributed by atoms with van der Waals surface area (Å²) in [5, 5.41) is 3.87. The average Bonchev–Trinajstić information content (AvgIpc) is 3.14. The quantitative estimate of drug-likeness (QED) is 0.619. The smallest absolute Gasteiger partial charge is 0.331 e. The topological polar surface area (TPSA) is 72.5 Å². The number of imide groups is 1. The number of ether oxygens (including phenoxy) is 1. The molecule has 0 unspecified atom stereocenters. The predicted octanol–water partition coefficient (Wildman–Crippen LogP) is 3.09. The largest absolute Gasteiger partial charge is 0.452 e. The lowest BCUT2D eigenvalue weighted by Gasteiger charge is -2.02. The highest BCUT2D eigenvalue weighted by atomic mass is 79.9. The molecule has 0 aromatic carbocycles. The number of hydrogen-bond donors (Lipinski definition) is 1. The van der Waals surface area contributed by atoms with E-state index in [1.54, 1.807) is 23.6 Å². The van der Waals surface area contributed by atoms with E-state index in [9.17, 15) is 14.4 Å². The number of carbonyl (C=O) groups excluding carboxylic acids is 3. The summed E-state index contributed by atoms with van der Waals surface area (Å²) < 4.78 is 5.71. The molecule has 1 N–H and O–H groups in total. The van der Waals surface area contributed by atoms with E-state index in [4.69, 9.17) is 4.74 Å². The zero-order valence-corrected chi connectivity index (χ0v) is 14.3. The predicted molar refractivity (Wildman–Crippen MR) is 88.8 cm³/mol. The molecule has 0 aliphatic heterocycles. The van der Waals surface area contributed by atoms with Gasteiger partial charge in [0, 0.05) is 11.0 Å². The van der Waals surface area contributed by atoms with Crippen LogP contribution in [0.1, 0.15) is 14.5 Å². The molecule has 0 fully saturated rings. The minimum absolute atomic E-state index is 0.419. The molecule has 2 heterocycles. The minimum atomic E-state index is -0.668. The Morgan fingerprint density at radius 2 is 2.09 bits per heavy atom. The van der Waals surface area contributed by atoms with E-state index >= 15 is 0 Å². The van der Waals surface area contributed by atoms with Crippen molar-refractivity contribution in [1.29, 1.82) is 0 Å². The Kier molecular flexibility index (Phi) is 6.05. The van der Waals surface area contributed by atoms with E-state index in [0.717, 1.165) is 8.66 Å². The summed E-state index contributed by atoms with van der Waals surface area (Å²) in [4.78, 5) is 35.9. The second-order valence-corrected chi connectivity index (χ2v) is 7.38. The Morgan fingerprint density at radius 3 is 2.73 bits per heavy atom. The van der Waals surface area contributed by atoms with Crippen molar-refractivity contribution in [3.8, 4) is 0 Å². The fraction of sp³-hybridized carbons (Fsp3) is 0.0714. The molecule has 114 valence electrons. The minimum Gasteiger partial charge on any atom is -0.452 e. The van der Waals surface area contributed by atoms with Gasteiger partial charge in [0.2, 0.25) is 0 Å². The average molecular weight is 400 g/mol. The number of hydrogen-bond acceptors (Lipinski definition) is 6. The molecule has 0 radical (unpaired) electrons. The van der Waals surface area contributed by atoms with Gasteiger partial charge >= 0.3 is 5.97 Å². The normalized spacial score (nSPS) is 10.6. The summed E-state index contributed by atoms with van der Waals surface area (Å²) in [6, 6.07) is 7.00. The van der Waals surface area contributed by atoms with Crippen molar-refractivity contribution in [1.82, 2.24) is 5.32 Å². The van der Waals surface area contributed by atoms with Crippen LogP contribution in [0.5, 0.6) is 0 Å². The van der Waals surface area contributed by atoms with Crippen molar-refractivity contribution in [3.05, 3.63) is 49.3 Å². The summed E-state index contributed by atoms with van der Waals surface area (Å²) in [5.41, 5.74) is 0. The third kappa shape index (κ3) is 5.21. The van der Waals surface area contributed by atoms with Crippen LogP contribution < -0.4 is 5.32 Å². The standard InChI is InChI=1S/C14H10BrNO4S2/c15-11-5-3-9(22-11)4-6-13(18)20-8-12(17)16-14(19)10-2-1-7-21-10/h1-7H,8H2,(H,16,17,19)/b6-4+. The van der Waals surface area contributed by atoms with Crippen LogP contribution in [0, 0.1) is 0 Å². The van der Waals surface area contributed by atoms with E-state index in [1.165, 1.54) is 28.7 Å². The molecular weight excluding hydrogens is 390 g/mol. The number of amides is 2. The van der Waals surface area contributed by atoms with E-state index < -0.39 is 24.4 Å². The number of thiophene rings is 2. The molecule has 2 amide bonds. The third-order valence-corrected chi connectivity index (χ3v) is 4.78. The molecule has 5 nitrogen and oxygen atoms in total. The molecule has 2 rings (SSSR count). The van der Waals surface area contributed by atoms with Crippen LogP contribution in [-0.4, -0.2) is 24.4 Å². The molecule has 8 heteroatoms. The van der Waals surface area contributed by atoms with Crippen LogP contribution in [0.15, 0.2) is 39.5 Å². The monoisotopic (exact) mass is 399 g/mol. The maximum absolute atomic E-state index is 11.6. The van der Waals surface area contributed by atoms with E-state index in [2.05, 4.69) is 21.2 Å². The maximum atomic E-state index is 11.6. The van der Waals surface area contributed by atoms with Crippen LogP contribution in [0.3, 0.4) is 0 Å². The summed E-state index contributed by atoms with van der Waals surface area (Å²) in [7, 11) is 0. The van der Waals surface area contributed by atoms with Gasteiger partial charge in [-0.3, -0.25) is 14.9 Å². The molecule has 0 spiro atoms. The van der Waals surface area contributed by atoms with Gasteiger partial charge in [0.25, 0.3) is 11.8 Å². The van der Waals surface area contributed by atoms with E-state index in [0.29, 0.717) is 4.88 Å². The highest BCUT2D eigenvalue weighted by molar-refractivity contribution is 9.11. The van der Waals surface area contributed by atoms with Gasteiger partial charge in [0.05, 0.1) is 8.66 Å². The van der Waals surface area contributed by atoms with Crippen molar-refractivity contribution in [2.75, 3.05) is 6.61 Å². The van der Waals surface area contributed by atoms with Crippen molar-refractivity contribution < 1.29 is 19.1 Å². The van der Waals surface area contributed by atoms with Crippen LogP contribution in [0.4, 0.5) is 0 Å². The number of nitrogens with one attached hydrogen (secondary N) is 1. The Hall–Kier alpha value is -1.77. The second-order valence-electron chi connectivity index (χ2n) is 3.94. The van der Waals surface area contributed by atoms with Gasteiger partial charge in [-0.2, -0.15) is 0 Å². The Labute approximate surface area is 142 Å². The van der Waals surface area contributed by atoms with Gasteiger partial charge in [-0.25, -0.2) is 4.79 Å². The maximum Gasteiger partial charge on any atom is 0.331 e.